The van der Waals surface area contributed by atoms with E-state index in [1.54, 1.807) is 23.5 Å². The van der Waals surface area contributed by atoms with Gasteiger partial charge < -0.3 is 0 Å². The van der Waals surface area contributed by atoms with E-state index in [2.05, 4.69) is 26.0 Å². The van der Waals surface area contributed by atoms with Crippen LogP contribution in [0.2, 0.25) is 0 Å². The van der Waals surface area contributed by atoms with Gasteiger partial charge in [0.25, 0.3) is 0 Å². The van der Waals surface area contributed by atoms with Gasteiger partial charge in [-0.25, -0.2) is 0 Å². The Kier molecular flexibility index (Phi) is 5.08. The molecule has 1 heterocycles. The van der Waals surface area contributed by atoms with E-state index in [1.807, 2.05) is 41.8 Å². The van der Waals surface area contributed by atoms with Crippen molar-refractivity contribution < 1.29 is 4.79 Å². The van der Waals surface area contributed by atoms with Gasteiger partial charge >= 0.3 is 0 Å². The maximum atomic E-state index is 11.7. The minimum atomic E-state index is 0.00587. The molecule has 0 aliphatic heterocycles. The third-order valence-corrected chi connectivity index (χ3v) is 3.84. The molecular weight excluding hydrogens is 264 g/mol. The molecule has 2 aromatic rings. The van der Waals surface area contributed by atoms with Crippen molar-refractivity contribution in [2.75, 3.05) is 0 Å². The number of allylic oxidation sites excluding steroid dienone is 2. The van der Waals surface area contributed by atoms with E-state index in [0.29, 0.717) is 5.92 Å². The highest BCUT2D eigenvalue weighted by molar-refractivity contribution is 7.10. The van der Waals surface area contributed by atoms with Crippen molar-refractivity contribution in [1.29, 1.82) is 0 Å². The summed E-state index contributed by atoms with van der Waals surface area (Å²) in [6.45, 7) is 4.34. The predicted molar refractivity (Wildman–Crippen MR) is 87.9 cm³/mol. The van der Waals surface area contributed by atoms with Crippen LogP contribution in [0.4, 0.5) is 0 Å². The van der Waals surface area contributed by atoms with Crippen LogP contribution in [0.1, 0.15) is 35.8 Å². The molecule has 2 heteroatoms. The zero-order chi connectivity index (χ0) is 14.4. The van der Waals surface area contributed by atoms with Crippen molar-refractivity contribution >= 4 is 29.3 Å². The highest BCUT2D eigenvalue weighted by Gasteiger charge is 1.97. The first-order valence-corrected chi connectivity index (χ1v) is 7.57. The molecule has 0 unspecified atom stereocenters. The molecule has 2 rings (SSSR count). The molecule has 0 radical (unpaired) electrons. The fraction of sp³-hybridized carbons (Fsp3) is 0.167. The molecule has 20 heavy (non-hydrogen) atoms. The van der Waals surface area contributed by atoms with Crippen molar-refractivity contribution in [3.63, 3.8) is 0 Å². The number of benzene rings is 1. The average molecular weight is 282 g/mol. The maximum absolute atomic E-state index is 11.7. The molecule has 0 aliphatic carbocycles. The first-order valence-electron chi connectivity index (χ1n) is 6.69. The summed E-state index contributed by atoms with van der Waals surface area (Å²) >= 11 is 1.62. The molecule has 0 N–H and O–H groups in total. The zero-order valence-corrected chi connectivity index (χ0v) is 12.6. The summed E-state index contributed by atoms with van der Waals surface area (Å²) < 4.78 is 0. The fourth-order valence-electron chi connectivity index (χ4n) is 1.78. The quantitative estimate of drug-likeness (QED) is 0.692. The molecular formula is C18H18OS. The highest BCUT2D eigenvalue weighted by Crippen LogP contribution is 2.15. The lowest BCUT2D eigenvalue weighted by molar-refractivity contribution is -0.110. The number of hydrogen-bond acceptors (Lipinski definition) is 2. The average Bonchev–Trinajstić information content (AvgIpc) is 2.96. The minimum absolute atomic E-state index is 0.00587. The van der Waals surface area contributed by atoms with Gasteiger partial charge in [0, 0.05) is 4.88 Å². The Labute approximate surface area is 124 Å². The first kappa shape index (κ1) is 14.5. The van der Waals surface area contributed by atoms with E-state index >= 15 is 0 Å². The van der Waals surface area contributed by atoms with E-state index in [0.717, 1.165) is 10.4 Å². The van der Waals surface area contributed by atoms with Crippen LogP contribution in [0, 0.1) is 0 Å². The molecule has 0 fully saturated rings. The third-order valence-electron chi connectivity index (χ3n) is 3.00. The first-order chi connectivity index (χ1) is 9.65. The van der Waals surface area contributed by atoms with Crippen LogP contribution in [0.3, 0.4) is 0 Å². The second kappa shape index (κ2) is 7.01. The smallest absolute Gasteiger partial charge is 0.178 e. The van der Waals surface area contributed by atoms with Crippen molar-refractivity contribution in [2.24, 2.45) is 0 Å². The van der Waals surface area contributed by atoms with E-state index in [-0.39, 0.29) is 5.78 Å². The minimum Gasteiger partial charge on any atom is -0.290 e. The number of carbonyl (C=O) groups is 1. The topological polar surface area (TPSA) is 17.1 Å². The summed E-state index contributed by atoms with van der Waals surface area (Å²) in [5.74, 6) is 0.537. The summed E-state index contributed by atoms with van der Waals surface area (Å²) in [5.41, 5.74) is 2.36. The summed E-state index contributed by atoms with van der Waals surface area (Å²) in [4.78, 5) is 12.8. The summed E-state index contributed by atoms with van der Waals surface area (Å²) in [5, 5.41) is 2.00. The normalized spacial score (nSPS) is 11.8. The van der Waals surface area contributed by atoms with Gasteiger partial charge in [-0.15, -0.1) is 11.3 Å². The van der Waals surface area contributed by atoms with Gasteiger partial charge in [-0.1, -0.05) is 50.3 Å². The van der Waals surface area contributed by atoms with Crippen LogP contribution < -0.4 is 0 Å². The monoisotopic (exact) mass is 282 g/mol. The molecule has 0 aliphatic rings. The number of thiophene rings is 1. The summed E-state index contributed by atoms with van der Waals surface area (Å²) in [6.07, 6.45) is 6.91. The third kappa shape index (κ3) is 4.32. The van der Waals surface area contributed by atoms with Gasteiger partial charge in [-0.05, 0) is 46.7 Å². The second-order valence-corrected chi connectivity index (χ2v) is 5.89. The fourth-order valence-corrected chi connectivity index (χ4v) is 2.39. The van der Waals surface area contributed by atoms with Crippen molar-refractivity contribution in [2.45, 2.75) is 19.8 Å². The van der Waals surface area contributed by atoms with Gasteiger partial charge in [0.1, 0.15) is 0 Å². The Balaban J connectivity index is 1.96. The van der Waals surface area contributed by atoms with E-state index < -0.39 is 0 Å². The Morgan fingerprint density at radius 1 is 1.05 bits per heavy atom. The largest absolute Gasteiger partial charge is 0.290 e. The number of carbonyl (C=O) groups excluding carboxylic acids is 1. The Morgan fingerprint density at radius 2 is 1.75 bits per heavy atom. The van der Waals surface area contributed by atoms with Crippen LogP contribution >= 0.6 is 11.3 Å². The predicted octanol–water partition coefficient (Wildman–Crippen LogP) is 5.17. The molecule has 102 valence electrons. The van der Waals surface area contributed by atoms with Crippen LogP contribution in [0.25, 0.3) is 12.2 Å². The van der Waals surface area contributed by atoms with Crippen LogP contribution in [-0.4, -0.2) is 5.78 Å². The molecule has 0 spiro atoms. The van der Waals surface area contributed by atoms with E-state index in [1.165, 1.54) is 5.56 Å². The zero-order valence-electron chi connectivity index (χ0n) is 11.7. The second-order valence-electron chi connectivity index (χ2n) is 4.91. The summed E-state index contributed by atoms with van der Waals surface area (Å²) in [7, 11) is 0. The molecule has 0 saturated heterocycles. The lowest BCUT2D eigenvalue weighted by Crippen LogP contribution is -1.87. The van der Waals surface area contributed by atoms with Crippen molar-refractivity contribution in [3.05, 3.63) is 69.9 Å². The Bertz CT molecular complexity index is 601. The number of hydrogen-bond donors (Lipinski definition) is 0. The van der Waals surface area contributed by atoms with Crippen molar-refractivity contribution in [1.82, 2.24) is 0 Å². The molecule has 1 aromatic heterocycles. The van der Waals surface area contributed by atoms with Gasteiger partial charge in [0.2, 0.25) is 0 Å². The lowest BCUT2D eigenvalue weighted by atomic mass is 10.0. The van der Waals surface area contributed by atoms with Gasteiger partial charge in [-0.3, -0.25) is 4.79 Å². The Hall–Kier alpha value is -1.93. The molecule has 0 amide bonds. The number of ketones is 1. The lowest BCUT2D eigenvalue weighted by Gasteiger charge is -2.04. The van der Waals surface area contributed by atoms with Gasteiger partial charge in [0.15, 0.2) is 5.78 Å². The van der Waals surface area contributed by atoms with Gasteiger partial charge in [0.05, 0.1) is 0 Å². The van der Waals surface area contributed by atoms with Crippen LogP contribution in [-0.2, 0) is 4.79 Å². The molecule has 1 aromatic carbocycles. The van der Waals surface area contributed by atoms with Crippen molar-refractivity contribution in [3.8, 4) is 0 Å². The molecule has 0 atom stereocenters. The molecule has 0 saturated carbocycles. The van der Waals surface area contributed by atoms with Crippen LogP contribution in [0.15, 0.2) is 53.9 Å². The maximum Gasteiger partial charge on any atom is 0.178 e. The van der Waals surface area contributed by atoms with Gasteiger partial charge in [-0.2, -0.15) is 0 Å². The highest BCUT2D eigenvalue weighted by atomic mass is 32.1. The molecule has 0 bridgehead atoms. The standard InChI is InChI=1S/C18H18OS/c1-14(2)16-8-5-15(6-9-16)7-10-17(19)11-12-18-4-3-13-20-18/h3-14H,1-2H3. The van der Waals surface area contributed by atoms with E-state index in [9.17, 15) is 4.79 Å². The SMILES string of the molecule is CC(C)c1ccc(C=CC(=O)C=Cc2cccs2)cc1. The molecule has 1 nitrogen and oxygen atoms in total. The Morgan fingerprint density at radius 3 is 2.35 bits per heavy atom. The van der Waals surface area contributed by atoms with Crippen LogP contribution in [0.5, 0.6) is 0 Å². The summed E-state index contributed by atoms with van der Waals surface area (Å²) in [6, 6.07) is 12.3. The number of rotatable bonds is 5. The van der Waals surface area contributed by atoms with E-state index in [4.69, 9.17) is 0 Å².